The van der Waals surface area contributed by atoms with Crippen molar-refractivity contribution in [1.29, 1.82) is 0 Å². The van der Waals surface area contributed by atoms with Gasteiger partial charge < -0.3 is 9.32 Å². The summed E-state index contributed by atoms with van der Waals surface area (Å²) in [6.07, 6.45) is 1.58. The predicted molar refractivity (Wildman–Crippen MR) is 84.2 cm³/mol. The number of hydrogen-bond acceptors (Lipinski definition) is 3. The number of hydrogen-bond donors (Lipinski definition) is 0. The van der Waals surface area contributed by atoms with Gasteiger partial charge in [0.15, 0.2) is 5.76 Å². The highest BCUT2D eigenvalue weighted by molar-refractivity contribution is 5.89. The molecule has 3 aromatic rings. The van der Waals surface area contributed by atoms with Crippen LogP contribution in [-0.2, 0) is 6.54 Å². The molecule has 22 heavy (non-hydrogen) atoms. The summed E-state index contributed by atoms with van der Waals surface area (Å²) in [5.74, 6) is 0.473. The molecule has 0 spiro atoms. The van der Waals surface area contributed by atoms with Crippen molar-refractivity contribution in [2.45, 2.75) is 6.54 Å². The standard InChI is InChI=1S/C18H16N2O2/c1-20(13-14-8-4-2-5-9-14)18(21)17-19-12-16(22-17)15-10-6-3-7-11-15/h2-12H,13H2,1H3. The first-order valence-corrected chi connectivity index (χ1v) is 7.04. The molecule has 1 amide bonds. The van der Waals surface area contributed by atoms with Crippen LogP contribution in [-0.4, -0.2) is 22.8 Å². The first-order chi connectivity index (χ1) is 10.7. The third-order valence-electron chi connectivity index (χ3n) is 3.36. The molecule has 0 unspecified atom stereocenters. The number of benzene rings is 2. The lowest BCUT2D eigenvalue weighted by molar-refractivity contribution is 0.0746. The molecule has 0 N–H and O–H groups in total. The molecule has 0 saturated heterocycles. The lowest BCUT2D eigenvalue weighted by Gasteiger charge is -2.14. The zero-order valence-corrected chi connectivity index (χ0v) is 12.3. The zero-order chi connectivity index (χ0) is 15.4. The molecular weight excluding hydrogens is 276 g/mol. The molecule has 0 atom stereocenters. The van der Waals surface area contributed by atoms with Gasteiger partial charge in [0.2, 0.25) is 0 Å². The van der Waals surface area contributed by atoms with Gasteiger partial charge in [0.1, 0.15) is 0 Å². The average Bonchev–Trinajstić information content (AvgIpc) is 3.06. The summed E-state index contributed by atoms with van der Waals surface area (Å²) in [7, 11) is 1.74. The van der Waals surface area contributed by atoms with Crippen LogP contribution in [0.4, 0.5) is 0 Å². The molecule has 1 heterocycles. The van der Waals surface area contributed by atoms with Gasteiger partial charge >= 0.3 is 5.91 Å². The van der Waals surface area contributed by atoms with Gasteiger partial charge in [-0.3, -0.25) is 4.79 Å². The van der Waals surface area contributed by atoms with Gasteiger partial charge in [-0.1, -0.05) is 60.7 Å². The van der Waals surface area contributed by atoms with Gasteiger partial charge in [0, 0.05) is 19.2 Å². The van der Waals surface area contributed by atoms with Crippen molar-refractivity contribution in [3.8, 4) is 11.3 Å². The Bertz CT molecular complexity index is 751. The third kappa shape index (κ3) is 3.06. The largest absolute Gasteiger partial charge is 0.432 e. The molecular formula is C18H16N2O2. The number of carbonyl (C=O) groups is 1. The Morgan fingerprint density at radius 2 is 1.68 bits per heavy atom. The van der Waals surface area contributed by atoms with E-state index < -0.39 is 0 Å². The second kappa shape index (κ2) is 6.26. The number of aromatic nitrogens is 1. The number of rotatable bonds is 4. The van der Waals surface area contributed by atoms with Crippen molar-refractivity contribution in [3.63, 3.8) is 0 Å². The lowest BCUT2D eigenvalue weighted by atomic mass is 10.2. The normalized spacial score (nSPS) is 10.4. The minimum atomic E-state index is -0.231. The Kier molecular flexibility index (Phi) is 4.01. The molecule has 0 fully saturated rings. The first-order valence-electron chi connectivity index (χ1n) is 7.04. The minimum absolute atomic E-state index is 0.109. The highest BCUT2D eigenvalue weighted by Gasteiger charge is 2.18. The maximum absolute atomic E-state index is 12.4. The fraction of sp³-hybridized carbons (Fsp3) is 0.111. The van der Waals surface area contributed by atoms with Crippen LogP contribution in [0.1, 0.15) is 16.2 Å². The summed E-state index contributed by atoms with van der Waals surface area (Å²) in [5.41, 5.74) is 1.97. The van der Waals surface area contributed by atoms with Crippen LogP contribution in [0.2, 0.25) is 0 Å². The molecule has 2 aromatic carbocycles. The van der Waals surface area contributed by atoms with E-state index in [0.717, 1.165) is 11.1 Å². The van der Waals surface area contributed by atoms with Crippen molar-refractivity contribution in [3.05, 3.63) is 78.3 Å². The van der Waals surface area contributed by atoms with Crippen molar-refractivity contribution >= 4 is 5.91 Å². The molecule has 0 aliphatic heterocycles. The fourth-order valence-electron chi connectivity index (χ4n) is 2.20. The number of amides is 1. The maximum Gasteiger partial charge on any atom is 0.309 e. The van der Waals surface area contributed by atoms with E-state index in [4.69, 9.17) is 4.42 Å². The average molecular weight is 292 g/mol. The molecule has 0 radical (unpaired) electrons. The molecule has 110 valence electrons. The molecule has 4 nitrogen and oxygen atoms in total. The molecule has 0 aliphatic rings. The Labute approximate surface area is 129 Å². The molecule has 0 bridgehead atoms. The van der Waals surface area contributed by atoms with E-state index in [1.54, 1.807) is 18.1 Å². The molecule has 0 saturated carbocycles. The Morgan fingerprint density at radius 1 is 1.05 bits per heavy atom. The Morgan fingerprint density at radius 3 is 2.36 bits per heavy atom. The molecule has 3 rings (SSSR count). The van der Waals surface area contributed by atoms with Crippen LogP contribution in [0, 0.1) is 0 Å². The third-order valence-corrected chi connectivity index (χ3v) is 3.36. The van der Waals surface area contributed by atoms with Crippen LogP contribution in [0.3, 0.4) is 0 Å². The van der Waals surface area contributed by atoms with Gasteiger partial charge in [0.25, 0.3) is 5.89 Å². The van der Waals surface area contributed by atoms with Gasteiger partial charge in [-0.25, -0.2) is 4.98 Å². The summed E-state index contributed by atoms with van der Waals surface area (Å²) in [4.78, 5) is 18.1. The van der Waals surface area contributed by atoms with Crippen molar-refractivity contribution in [2.75, 3.05) is 7.05 Å². The number of oxazole rings is 1. The SMILES string of the molecule is CN(Cc1ccccc1)C(=O)c1ncc(-c2ccccc2)o1. The van der Waals surface area contributed by atoms with Crippen molar-refractivity contribution < 1.29 is 9.21 Å². The molecule has 1 aromatic heterocycles. The van der Waals surface area contributed by atoms with Crippen molar-refractivity contribution in [2.24, 2.45) is 0 Å². The van der Waals surface area contributed by atoms with Crippen LogP contribution in [0.5, 0.6) is 0 Å². The van der Waals surface area contributed by atoms with Crippen LogP contribution >= 0.6 is 0 Å². The summed E-state index contributed by atoms with van der Waals surface area (Å²) >= 11 is 0. The number of nitrogens with zero attached hydrogens (tertiary/aromatic N) is 2. The van der Waals surface area contributed by atoms with Gasteiger partial charge in [-0.2, -0.15) is 0 Å². The van der Waals surface area contributed by atoms with E-state index in [-0.39, 0.29) is 11.8 Å². The van der Waals surface area contributed by atoms with E-state index in [0.29, 0.717) is 12.3 Å². The second-order valence-corrected chi connectivity index (χ2v) is 5.04. The van der Waals surface area contributed by atoms with Crippen LogP contribution < -0.4 is 0 Å². The monoisotopic (exact) mass is 292 g/mol. The Hall–Kier alpha value is -2.88. The summed E-state index contributed by atoms with van der Waals surface area (Å²) < 4.78 is 5.59. The van der Waals surface area contributed by atoms with E-state index in [1.165, 1.54) is 0 Å². The van der Waals surface area contributed by atoms with E-state index in [1.807, 2.05) is 60.7 Å². The summed E-state index contributed by atoms with van der Waals surface area (Å²) in [6, 6.07) is 19.4. The quantitative estimate of drug-likeness (QED) is 0.738. The van der Waals surface area contributed by atoms with E-state index >= 15 is 0 Å². The van der Waals surface area contributed by atoms with Crippen molar-refractivity contribution in [1.82, 2.24) is 9.88 Å². The smallest absolute Gasteiger partial charge is 0.309 e. The topological polar surface area (TPSA) is 46.3 Å². The second-order valence-electron chi connectivity index (χ2n) is 5.04. The highest BCUT2D eigenvalue weighted by atomic mass is 16.4. The van der Waals surface area contributed by atoms with Gasteiger partial charge in [-0.05, 0) is 5.56 Å². The van der Waals surface area contributed by atoms with Gasteiger partial charge in [0.05, 0.1) is 6.20 Å². The fourth-order valence-corrected chi connectivity index (χ4v) is 2.20. The zero-order valence-electron chi connectivity index (χ0n) is 12.3. The lowest BCUT2D eigenvalue weighted by Crippen LogP contribution is -2.26. The maximum atomic E-state index is 12.4. The first kappa shape index (κ1) is 14.1. The van der Waals surface area contributed by atoms with Crippen LogP contribution in [0.15, 0.2) is 71.3 Å². The molecule has 0 aliphatic carbocycles. The van der Waals surface area contributed by atoms with E-state index in [9.17, 15) is 4.79 Å². The summed E-state index contributed by atoms with van der Waals surface area (Å²) in [5, 5.41) is 0. The Balaban J connectivity index is 1.74. The number of carbonyl (C=O) groups excluding carboxylic acids is 1. The predicted octanol–water partition coefficient (Wildman–Crippen LogP) is 3.61. The van der Waals surface area contributed by atoms with Crippen LogP contribution in [0.25, 0.3) is 11.3 Å². The minimum Gasteiger partial charge on any atom is -0.432 e. The highest BCUT2D eigenvalue weighted by Crippen LogP contribution is 2.20. The molecule has 4 heteroatoms. The van der Waals surface area contributed by atoms with Gasteiger partial charge in [-0.15, -0.1) is 0 Å². The summed E-state index contributed by atoms with van der Waals surface area (Å²) in [6.45, 7) is 0.517. The van der Waals surface area contributed by atoms with E-state index in [2.05, 4.69) is 4.98 Å².